The third kappa shape index (κ3) is 2.10. The molecule has 1 aromatic carbocycles. The molecular formula is C9H8BrN3OS. The van der Waals surface area contributed by atoms with Crippen LogP contribution >= 0.6 is 28.1 Å². The van der Waals surface area contributed by atoms with Gasteiger partial charge in [-0.15, -0.1) is 0 Å². The molecule has 0 spiro atoms. The molecule has 1 heterocycles. The molecule has 0 aliphatic carbocycles. The third-order valence-electron chi connectivity index (χ3n) is 1.92. The number of methoxy groups -OCH3 is 1. The maximum Gasteiger partial charge on any atom is 0.213 e. The van der Waals surface area contributed by atoms with Gasteiger partial charge < -0.3 is 4.74 Å². The van der Waals surface area contributed by atoms with Crippen LogP contribution in [0.25, 0.3) is 11.4 Å². The Bertz CT molecular complexity index is 534. The van der Waals surface area contributed by atoms with Crippen molar-refractivity contribution in [3.63, 3.8) is 0 Å². The number of aromatic amines is 2. The fourth-order valence-corrected chi connectivity index (χ4v) is 1.77. The first-order valence-corrected chi connectivity index (χ1v) is 5.39. The Balaban J connectivity index is 2.59. The molecule has 6 heteroatoms. The van der Waals surface area contributed by atoms with Gasteiger partial charge in [-0.25, -0.2) is 0 Å². The number of nitrogens with zero attached hydrogens (tertiary/aromatic N) is 1. The molecule has 78 valence electrons. The molecule has 4 nitrogen and oxygen atoms in total. The molecule has 2 rings (SSSR count). The maximum absolute atomic E-state index is 5.24. The largest absolute Gasteiger partial charge is 0.496 e. The molecule has 2 N–H and O–H groups in total. The van der Waals surface area contributed by atoms with E-state index in [0.717, 1.165) is 15.8 Å². The second-order valence-electron chi connectivity index (χ2n) is 2.86. The first-order chi connectivity index (χ1) is 7.20. The number of rotatable bonds is 2. The smallest absolute Gasteiger partial charge is 0.213 e. The van der Waals surface area contributed by atoms with Gasteiger partial charge in [0.15, 0.2) is 5.82 Å². The van der Waals surface area contributed by atoms with E-state index in [2.05, 4.69) is 31.1 Å². The molecule has 0 unspecified atom stereocenters. The van der Waals surface area contributed by atoms with Gasteiger partial charge in [-0.1, -0.05) is 15.9 Å². The molecule has 1 aromatic heterocycles. The maximum atomic E-state index is 5.24. The third-order valence-corrected chi connectivity index (χ3v) is 2.60. The summed E-state index contributed by atoms with van der Waals surface area (Å²) in [5.74, 6) is 1.41. The minimum absolute atomic E-state index is 0.423. The van der Waals surface area contributed by atoms with Gasteiger partial charge in [-0.3, -0.25) is 10.2 Å². The van der Waals surface area contributed by atoms with Crippen LogP contribution < -0.4 is 4.74 Å². The van der Waals surface area contributed by atoms with E-state index < -0.39 is 0 Å². The highest BCUT2D eigenvalue weighted by Gasteiger charge is 2.08. The van der Waals surface area contributed by atoms with Crippen LogP contribution in [0, 0.1) is 4.77 Å². The fraction of sp³-hybridized carbons (Fsp3) is 0.111. The lowest BCUT2D eigenvalue weighted by Gasteiger charge is -2.05. The predicted octanol–water partition coefficient (Wildman–Crippen LogP) is 2.91. The highest BCUT2D eigenvalue weighted by Crippen LogP contribution is 2.29. The van der Waals surface area contributed by atoms with Crippen LogP contribution in [0.5, 0.6) is 5.75 Å². The van der Waals surface area contributed by atoms with E-state index in [1.54, 1.807) is 7.11 Å². The van der Waals surface area contributed by atoms with E-state index in [-0.39, 0.29) is 0 Å². The lowest BCUT2D eigenvalue weighted by Crippen LogP contribution is -1.89. The van der Waals surface area contributed by atoms with Crippen LogP contribution in [0.1, 0.15) is 0 Å². The average molecular weight is 286 g/mol. The molecule has 0 bridgehead atoms. The zero-order chi connectivity index (χ0) is 10.8. The van der Waals surface area contributed by atoms with Crippen LogP contribution in [0.15, 0.2) is 22.7 Å². The number of nitrogens with one attached hydrogen (secondary N) is 2. The summed E-state index contributed by atoms with van der Waals surface area (Å²) < 4.78 is 6.62. The zero-order valence-corrected chi connectivity index (χ0v) is 10.3. The van der Waals surface area contributed by atoms with Gasteiger partial charge in [0.25, 0.3) is 0 Å². The molecule has 0 aliphatic rings. The highest BCUT2D eigenvalue weighted by molar-refractivity contribution is 9.10. The lowest BCUT2D eigenvalue weighted by atomic mass is 10.2. The van der Waals surface area contributed by atoms with Crippen molar-refractivity contribution in [2.45, 2.75) is 0 Å². The van der Waals surface area contributed by atoms with Crippen molar-refractivity contribution in [2.24, 2.45) is 0 Å². The van der Waals surface area contributed by atoms with Crippen molar-refractivity contribution < 1.29 is 4.74 Å². The summed E-state index contributed by atoms with van der Waals surface area (Å²) in [4.78, 5) is 4.13. The van der Waals surface area contributed by atoms with E-state index in [1.165, 1.54) is 0 Å². The molecule has 0 fully saturated rings. The zero-order valence-electron chi connectivity index (χ0n) is 7.87. The molecule has 0 atom stereocenters. The van der Waals surface area contributed by atoms with Gasteiger partial charge in [0.2, 0.25) is 4.77 Å². The standard InChI is InChI=1S/C9H8BrN3OS/c1-14-7-3-2-5(10)4-6(7)8-11-9(15)13-12-8/h2-4H,1H3,(H2,11,12,13,15). The number of aromatic nitrogens is 3. The van der Waals surface area contributed by atoms with E-state index in [0.29, 0.717) is 10.6 Å². The van der Waals surface area contributed by atoms with Gasteiger partial charge in [-0.05, 0) is 30.4 Å². The molecule has 0 radical (unpaired) electrons. The fourth-order valence-electron chi connectivity index (χ4n) is 1.26. The highest BCUT2D eigenvalue weighted by atomic mass is 79.9. The normalized spacial score (nSPS) is 10.3. The van der Waals surface area contributed by atoms with Crippen molar-refractivity contribution in [1.29, 1.82) is 0 Å². The Morgan fingerprint density at radius 3 is 2.80 bits per heavy atom. The number of hydrogen-bond acceptors (Lipinski definition) is 3. The summed E-state index contributed by atoms with van der Waals surface area (Å²) >= 11 is 8.29. The summed E-state index contributed by atoms with van der Waals surface area (Å²) in [7, 11) is 1.62. The van der Waals surface area contributed by atoms with Crippen molar-refractivity contribution in [3.8, 4) is 17.1 Å². The first-order valence-electron chi connectivity index (χ1n) is 4.19. The van der Waals surface area contributed by atoms with E-state index in [9.17, 15) is 0 Å². The monoisotopic (exact) mass is 285 g/mol. The number of halogens is 1. The van der Waals surface area contributed by atoms with Crippen molar-refractivity contribution in [2.75, 3.05) is 7.11 Å². The lowest BCUT2D eigenvalue weighted by molar-refractivity contribution is 0.416. The van der Waals surface area contributed by atoms with Crippen LogP contribution in [0.4, 0.5) is 0 Å². The summed E-state index contributed by atoms with van der Waals surface area (Å²) in [6.45, 7) is 0. The summed E-state index contributed by atoms with van der Waals surface area (Å²) in [5.41, 5.74) is 0.860. The summed E-state index contributed by atoms with van der Waals surface area (Å²) in [5, 5.41) is 5.63. The van der Waals surface area contributed by atoms with Crippen molar-refractivity contribution in [3.05, 3.63) is 27.4 Å². The van der Waals surface area contributed by atoms with E-state index in [1.807, 2.05) is 18.2 Å². The predicted molar refractivity (Wildman–Crippen MR) is 63.5 cm³/mol. The minimum atomic E-state index is 0.423. The van der Waals surface area contributed by atoms with Gasteiger partial charge >= 0.3 is 0 Å². The Morgan fingerprint density at radius 2 is 2.20 bits per heavy atom. The first kappa shape index (κ1) is 10.4. The average Bonchev–Trinajstić information content (AvgIpc) is 2.65. The van der Waals surface area contributed by atoms with Crippen molar-refractivity contribution in [1.82, 2.24) is 15.2 Å². The molecular weight excluding hydrogens is 278 g/mol. The number of benzene rings is 1. The summed E-state index contributed by atoms with van der Waals surface area (Å²) in [6.07, 6.45) is 0. The topological polar surface area (TPSA) is 53.7 Å². The quantitative estimate of drug-likeness (QED) is 0.835. The molecule has 0 saturated heterocycles. The number of H-pyrrole nitrogens is 2. The number of hydrogen-bond donors (Lipinski definition) is 2. The van der Waals surface area contributed by atoms with Crippen LogP contribution in [-0.2, 0) is 0 Å². The minimum Gasteiger partial charge on any atom is -0.496 e. The molecule has 15 heavy (non-hydrogen) atoms. The SMILES string of the molecule is COc1ccc(Br)cc1-c1nc(=S)[nH][nH]1. The van der Waals surface area contributed by atoms with E-state index in [4.69, 9.17) is 17.0 Å². The van der Waals surface area contributed by atoms with Gasteiger partial charge in [0.1, 0.15) is 5.75 Å². The Labute approximate surface area is 99.8 Å². The van der Waals surface area contributed by atoms with Crippen LogP contribution in [0.3, 0.4) is 0 Å². The molecule has 0 aliphatic heterocycles. The van der Waals surface area contributed by atoms with Gasteiger partial charge in [0, 0.05) is 4.47 Å². The molecule has 2 aromatic rings. The van der Waals surface area contributed by atoms with Gasteiger partial charge in [-0.2, -0.15) is 4.98 Å². The molecule has 0 saturated carbocycles. The Kier molecular flexibility index (Phi) is 2.88. The Hall–Kier alpha value is -1.14. The summed E-state index contributed by atoms with van der Waals surface area (Å²) in [6, 6.07) is 5.69. The second kappa shape index (κ2) is 4.16. The van der Waals surface area contributed by atoms with Crippen molar-refractivity contribution >= 4 is 28.1 Å². The molecule has 0 amide bonds. The number of ether oxygens (including phenoxy) is 1. The Morgan fingerprint density at radius 1 is 1.40 bits per heavy atom. The van der Waals surface area contributed by atoms with Crippen LogP contribution in [0.2, 0.25) is 0 Å². The second-order valence-corrected chi connectivity index (χ2v) is 4.16. The van der Waals surface area contributed by atoms with Crippen LogP contribution in [-0.4, -0.2) is 22.3 Å². The van der Waals surface area contributed by atoms with Gasteiger partial charge in [0.05, 0.1) is 12.7 Å². The van der Waals surface area contributed by atoms with E-state index >= 15 is 0 Å².